The first-order valence-electron chi connectivity index (χ1n) is 7.85. The second kappa shape index (κ2) is 9.96. The maximum Gasteiger partial charge on any atom is 0.240 e. The third-order valence-corrected chi connectivity index (χ3v) is 4.16. The lowest BCUT2D eigenvalue weighted by Gasteiger charge is -2.35. The second-order valence-corrected chi connectivity index (χ2v) is 5.59. The first-order valence-corrected chi connectivity index (χ1v) is 7.85. The average Bonchev–Trinajstić information content (AvgIpc) is 3.03. The number of rotatable bonds is 5. The largest absolute Gasteiger partial charge is 0.338 e. The van der Waals surface area contributed by atoms with Gasteiger partial charge in [0, 0.05) is 25.7 Å². The van der Waals surface area contributed by atoms with Crippen LogP contribution in [0.4, 0.5) is 0 Å². The molecule has 3 N–H and O–H groups in total. The Morgan fingerprint density at radius 2 is 2.04 bits per heavy atom. The summed E-state index contributed by atoms with van der Waals surface area (Å²) < 4.78 is 5.10. The van der Waals surface area contributed by atoms with Crippen molar-refractivity contribution in [3.8, 4) is 0 Å². The highest BCUT2D eigenvalue weighted by Gasteiger charge is 2.25. The molecule has 1 atom stereocenters. The highest BCUT2D eigenvalue weighted by atomic mass is 35.5. The van der Waals surface area contributed by atoms with Gasteiger partial charge in [0.05, 0.1) is 13.1 Å². The van der Waals surface area contributed by atoms with Crippen molar-refractivity contribution >= 4 is 24.8 Å². The molecule has 0 saturated carbocycles. The number of piperazine rings is 1. The highest BCUT2D eigenvalue weighted by Crippen LogP contribution is 2.24. The molecule has 2 aromatic rings. The Morgan fingerprint density at radius 3 is 2.67 bits per heavy atom. The Bertz CT molecular complexity index is 605. The van der Waals surface area contributed by atoms with Gasteiger partial charge >= 0.3 is 0 Å². The number of halogens is 2. The molecule has 6 nitrogen and oxygen atoms in total. The lowest BCUT2D eigenvalue weighted by molar-refractivity contribution is 0.148. The van der Waals surface area contributed by atoms with Gasteiger partial charge in [0.25, 0.3) is 0 Å². The first-order chi connectivity index (χ1) is 10.8. The Balaban J connectivity index is 0.00000144. The van der Waals surface area contributed by atoms with Crippen LogP contribution in [0.25, 0.3) is 0 Å². The quantitative estimate of drug-likeness (QED) is 0.834. The molecule has 0 bridgehead atoms. The molecule has 8 heteroatoms. The van der Waals surface area contributed by atoms with Crippen LogP contribution in [0.2, 0.25) is 0 Å². The van der Waals surface area contributed by atoms with Crippen molar-refractivity contribution in [2.24, 2.45) is 5.73 Å². The molecule has 1 unspecified atom stereocenters. The summed E-state index contributed by atoms with van der Waals surface area (Å²) in [6, 6.07) is 9.21. The van der Waals surface area contributed by atoms with Crippen molar-refractivity contribution in [1.29, 1.82) is 0 Å². The number of nitrogens with zero attached hydrogens (tertiary/aromatic N) is 3. The third kappa shape index (κ3) is 4.91. The molecular formula is C16H25Cl2N5O. The smallest absolute Gasteiger partial charge is 0.240 e. The van der Waals surface area contributed by atoms with Gasteiger partial charge in [0.2, 0.25) is 5.89 Å². The summed E-state index contributed by atoms with van der Waals surface area (Å²) in [7, 11) is 0. The van der Waals surface area contributed by atoms with Gasteiger partial charge in [-0.2, -0.15) is 4.98 Å². The van der Waals surface area contributed by atoms with Crippen molar-refractivity contribution in [3.63, 3.8) is 0 Å². The van der Waals surface area contributed by atoms with Gasteiger partial charge in [-0.25, -0.2) is 0 Å². The number of aromatic nitrogens is 2. The predicted molar refractivity (Wildman–Crippen MR) is 98.5 cm³/mol. The fourth-order valence-electron chi connectivity index (χ4n) is 2.86. The Hall–Kier alpha value is -1.18. The molecule has 1 aromatic heterocycles. The molecule has 1 aliphatic rings. The Morgan fingerprint density at radius 1 is 1.29 bits per heavy atom. The van der Waals surface area contributed by atoms with Gasteiger partial charge in [-0.1, -0.05) is 36.3 Å². The van der Waals surface area contributed by atoms with Crippen LogP contribution in [0.5, 0.6) is 0 Å². The van der Waals surface area contributed by atoms with Crippen molar-refractivity contribution in [2.45, 2.75) is 32.5 Å². The van der Waals surface area contributed by atoms with Crippen molar-refractivity contribution in [1.82, 2.24) is 20.4 Å². The summed E-state index contributed by atoms with van der Waals surface area (Å²) in [5.41, 5.74) is 8.21. The summed E-state index contributed by atoms with van der Waals surface area (Å²) >= 11 is 0. The van der Waals surface area contributed by atoms with Gasteiger partial charge in [-0.3, -0.25) is 4.90 Å². The molecule has 2 heterocycles. The molecule has 1 aliphatic heterocycles. The fourth-order valence-corrected chi connectivity index (χ4v) is 2.86. The van der Waals surface area contributed by atoms with E-state index in [1.54, 1.807) is 0 Å². The molecule has 1 aromatic carbocycles. The van der Waals surface area contributed by atoms with E-state index in [-0.39, 0.29) is 31.4 Å². The summed E-state index contributed by atoms with van der Waals surface area (Å²) in [4.78, 5) is 6.70. The van der Waals surface area contributed by atoms with Crippen LogP contribution in [0.15, 0.2) is 28.8 Å². The zero-order valence-corrected chi connectivity index (χ0v) is 15.4. The maximum atomic E-state index is 5.52. The second-order valence-electron chi connectivity index (χ2n) is 5.59. The third-order valence-electron chi connectivity index (χ3n) is 4.16. The molecular weight excluding hydrogens is 349 g/mol. The monoisotopic (exact) mass is 373 g/mol. The van der Waals surface area contributed by atoms with E-state index in [2.05, 4.69) is 51.5 Å². The van der Waals surface area contributed by atoms with E-state index in [1.807, 2.05) is 0 Å². The number of nitrogens with two attached hydrogens (primary N) is 1. The maximum absolute atomic E-state index is 5.52. The number of benzene rings is 1. The van der Waals surface area contributed by atoms with Crippen molar-refractivity contribution < 1.29 is 4.52 Å². The topological polar surface area (TPSA) is 80.2 Å². The summed E-state index contributed by atoms with van der Waals surface area (Å²) in [5, 5.41) is 7.48. The predicted octanol–water partition coefficient (Wildman–Crippen LogP) is 2.08. The molecule has 24 heavy (non-hydrogen) atoms. The van der Waals surface area contributed by atoms with Gasteiger partial charge < -0.3 is 15.6 Å². The van der Waals surface area contributed by atoms with Crippen molar-refractivity contribution in [2.75, 3.05) is 19.6 Å². The van der Waals surface area contributed by atoms with Gasteiger partial charge in [0.1, 0.15) is 0 Å². The minimum atomic E-state index is 0. The minimum Gasteiger partial charge on any atom is -0.338 e. The van der Waals surface area contributed by atoms with Crippen LogP contribution in [-0.4, -0.2) is 34.7 Å². The SMILES string of the molecule is CCc1ccc(C2CNCCN2Cc2noc(CN)n2)cc1.Cl.Cl. The van der Waals surface area contributed by atoms with E-state index in [1.165, 1.54) is 11.1 Å². The number of nitrogens with one attached hydrogen (secondary N) is 1. The molecule has 0 radical (unpaired) electrons. The van der Waals surface area contributed by atoms with Crippen LogP contribution >= 0.6 is 24.8 Å². The van der Waals surface area contributed by atoms with Crippen LogP contribution in [0.3, 0.4) is 0 Å². The van der Waals surface area contributed by atoms with E-state index < -0.39 is 0 Å². The van der Waals surface area contributed by atoms with Crippen molar-refractivity contribution in [3.05, 3.63) is 47.1 Å². The molecule has 1 saturated heterocycles. The standard InChI is InChI=1S/C16H23N5O.2ClH/c1-2-12-3-5-13(6-4-12)14-10-18-7-8-21(14)11-15-19-16(9-17)22-20-15;;/h3-6,14,18H,2,7-11,17H2,1H3;2*1H. The summed E-state index contributed by atoms with van der Waals surface area (Å²) in [5.74, 6) is 1.20. The first kappa shape index (κ1) is 20.9. The zero-order chi connectivity index (χ0) is 15.4. The fraction of sp³-hybridized carbons (Fsp3) is 0.500. The minimum absolute atomic E-state index is 0. The van der Waals surface area contributed by atoms with E-state index in [4.69, 9.17) is 10.3 Å². The van der Waals surface area contributed by atoms with Crippen LogP contribution in [-0.2, 0) is 19.5 Å². The Kier molecular flexibility index (Phi) is 8.66. The molecule has 3 rings (SSSR count). The zero-order valence-electron chi connectivity index (χ0n) is 13.8. The normalized spacial score (nSPS) is 17.8. The summed E-state index contributed by atoms with van der Waals surface area (Å²) in [6.45, 7) is 6.03. The number of hydrogen-bond acceptors (Lipinski definition) is 6. The van der Waals surface area contributed by atoms with Crippen LogP contribution in [0, 0.1) is 0 Å². The molecule has 0 spiro atoms. The van der Waals surface area contributed by atoms with Crippen LogP contribution < -0.4 is 11.1 Å². The molecule has 1 fully saturated rings. The van der Waals surface area contributed by atoms with Gasteiger partial charge in [-0.05, 0) is 17.5 Å². The van der Waals surface area contributed by atoms with E-state index >= 15 is 0 Å². The molecule has 134 valence electrons. The van der Waals surface area contributed by atoms with Crippen LogP contribution in [0.1, 0.15) is 35.8 Å². The van der Waals surface area contributed by atoms with E-state index in [9.17, 15) is 0 Å². The highest BCUT2D eigenvalue weighted by molar-refractivity contribution is 5.85. The Labute approximate surface area is 155 Å². The van der Waals surface area contributed by atoms with E-state index in [0.29, 0.717) is 24.3 Å². The molecule has 0 amide bonds. The molecule has 0 aliphatic carbocycles. The van der Waals surface area contributed by atoms with E-state index in [0.717, 1.165) is 26.1 Å². The number of hydrogen-bond donors (Lipinski definition) is 2. The lowest BCUT2D eigenvalue weighted by atomic mass is 10.0. The average molecular weight is 374 g/mol. The van der Waals surface area contributed by atoms with Gasteiger partial charge in [0.15, 0.2) is 5.82 Å². The lowest BCUT2D eigenvalue weighted by Crippen LogP contribution is -2.45. The summed E-state index contributed by atoms with van der Waals surface area (Å²) in [6.07, 6.45) is 1.07. The number of aryl methyl sites for hydroxylation is 1. The van der Waals surface area contributed by atoms with Gasteiger partial charge in [-0.15, -0.1) is 24.8 Å².